The van der Waals surface area contributed by atoms with Crippen molar-refractivity contribution in [2.24, 2.45) is 0 Å². The van der Waals surface area contributed by atoms with Gasteiger partial charge in [-0.3, -0.25) is 0 Å². The van der Waals surface area contributed by atoms with Crippen molar-refractivity contribution < 1.29 is 8.42 Å². The van der Waals surface area contributed by atoms with Gasteiger partial charge >= 0.3 is 0 Å². The van der Waals surface area contributed by atoms with E-state index in [1.54, 1.807) is 12.1 Å². The normalized spacial score (nSPS) is 15.4. The lowest BCUT2D eigenvalue weighted by Gasteiger charge is -2.15. The van der Waals surface area contributed by atoms with Crippen LogP contribution < -0.4 is 10.0 Å². The van der Waals surface area contributed by atoms with E-state index in [1.807, 2.05) is 6.08 Å². The molecule has 112 valence electrons. The molecule has 1 aromatic carbocycles. The van der Waals surface area contributed by atoms with Crippen LogP contribution in [0.3, 0.4) is 0 Å². The Morgan fingerprint density at radius 1 is 1.40 bits per heavy atom. The molecule has 0 aliphatic carbocycles. The first-order valence-electron chi connectivity index (χ1n) is 5.83. The van der Waals surface area contributed by atoms with Crippen LogP contribution in [0.25, 0.3) is 0 Å². The lowest BCUT2D eigenvalue weighted by molar-refractivity contribution is 0.582. The largest absolute Gasteiger partial charge is 0.313 e. The fourth-order valence-electron chi connectivity index (χ4n) is 1.79. The predicted molar refractivity (Wildman–Crippen MR) is 87.2 cm³/mol. The van der Waals surface area contributed by atoms with Crippen molar-refractivity contribution in [1.82, 2.24) is 10.0 Å². The summed E-state index contributed by atoms with van der Waals surface area (Å²) in [5.74, 6) is 0. The highest BCUT2D eigenvalue weighted by atomic mass is 79.9. The summed E-state index contributed by atoms with van der Waals surface area (Å²) >= 11 is 9.12. The second-order valence-electron chi connectivity index (χ2n) is 4.19. The Labute approximate surface area is 138 Å². The summed E-state index contributed by atoms with van der Waals surface area (Å²) in [7, 11) is -3.56. The molecule has 1 aliphatic heterocycles. The molecule has 0 spiro atoms. The quantitative estimate of drug-likeness (QED) is 0.762. The summed E-state index contributed by atoms with van der Waals surface area (Å²) in [6.07, 6.45) is 2.87. The Morgan fingerprint density at radius 2 is 2.15 bits per heavy atom. The number of rotatable bonds is 4. The summed E-state index contributed by atoms with van der Waals surface area (Å²) in [5.41, 5.74) is 1.10. The van der Waals surface area contributed by atoms with E-state index in [-0.39, 0.29) is 17.3 Å². The van der Waals surface area contributed by atoms with Crippen LogP contribution in [-0.2, 0) is 10.0 Å². The zero-order valence-corrected chi connectivity index (χ0v) is 14.5. The smallest absolute Gasteiger partial charge is 0.242 e. The number of halogens is 3. The van der Waals surface area contributed by atoms with E-state index >= 15 is 0 Å². The summed E-state index contributed by atoms with van der Waals surface area (Å²) in [5, 5.41) is 3.56. The van der Waals surface area contributed by atoms with Gasteiger partial charge in [-0.25, -0.2) is 13.1 Å². The van der Waals surface area contributed by atoms with Gasteiger partial charge in [0.15, 0.2) is 0 Å². The molecule has 1 aliphatic rings. The molecule has 0 saturated carbocycles. The molecule has 20 heavy (non-hydrogen) atoms. The molecule has 8 heteroatoms. The third-order valence-corrected chi connectivity index (χ3v) is 5.96. The third-order valence-electron chi connectivity index (χ3n) is 2.85. The molecule has 1 aromatic rings. The van der Waals surface area contributed by atoms with E-state index in [0.717, 1.165) is 25.1 Å². The van der Waals surface area contributed by atoms with Crippen LogP contribution in [0.5, 0.6) is 0 Å². The van der Waals surface area contributed by atoms with Gasteiger partial charge in [-0.05, 0) is 41.0 Å². The van der Waals surface area contributed by atoms with Crippen LogP contribution >= 0.6 is 39.9 Å². The molecule has 2 rings (SSSR count). The van der Waals surface area contributed by atoms with Crippen molar-refractivity contribution in [1.29, 1.82) is 0 Å². The van der Waals surface area contributed by atoms with Crippen molar-refractivity contribution in [2.75, 3.05) is 19.6 Å². The molecular weight excluding hydrogens is 387 g/mol. The Bertz CT molecular complexity index is 605. The van der Waals surface area contributed by atoms with Gasteiger partial charge in [0.25, 0.3) is 0 Å². The summed E-state index contributed by atoms with van der Waals surface area (Å²) in [6, 6.07) is 4.78. The van der Waals surface area contributed by atoms with E-state index in [4.69, 9.17) is 11.6 Å². The van der Waals surface area contributed by atoms with E-state index in [0.29, 0.717) is 16.0 Å². The SMILES string of the molecule is Cl.O=S(=O)(NCC1=CCNCC1)c1cccc(Cl)c1Br. The monoisotopic (exact) mass is 400 g/mol. The minimum absolute atomic E-state index is 0. The van der Waals surface area contributed by atoms with Gasteiger partial charge in [-0.15, -0.1) is 12.4 Å². The lowest BCUT2D eigenvalue weighted by Crippen LogP contribution is -2.29. The average molecular weight is 402 g/mol. The fourth-order valence-corrected chi connectivity index (χ4v) is 4.06. The third kappa shape index (κ3) is 4.44. The Hall–Kier alpha value is -0.110. The van der Waals surface area contributed by atoms with Crippen LogP contribution in [0.15, 0.2) is 39.2 Å². The first-order valence-corrected chi connectivity index (χ1v) is 8.48. The van der Waals surface area contributed by atoms with Gasteiger partial charge < -0.3 is 5.32 Å². The van der Waals surface area contributed by atoms with Crippen LogP contribution in [0.4, 0.5) is 0 Å². The van der Waals surface area contributed by atoms with Crippen molar-refractivity contribution in [3.05, 3.63) is 39.3 Å². The maximum absolute atomic E-state index is 12.2. The molecular formula is C12H15BrCl2N2O2S. The number of hydrogen-bond acceptors (Lipinski definition) is 3. The highest BCUT2D eigenvalue weighted by molar-refractivity contribution is 9.10. The second-order valence-corrected chi connectivity index (χ2v) is 7.13. The maximum Gasteiger partial charge on any atom is 0.242 e. The van der Waals surface area contributed by atoms with Crippen molar-refractivity contribution in [3.8, 4) is 0 Å². The van der Waals surface area contributed by atoms with Crippen molar-refractivity contribution >= 4 is 50.0 Å². The van der Waals surface area contributed by atoms with Gasteiger partial charge in [0.05, 0.1) is 14.4 Å². The predicted octanol–water partition coefficient (Wildman–Crippen LogP) is 2.72. The molecule has 0 radical (unpaired) electrons. The highest BCUT2D eigenvalue weighted by Crippen LogP contribution is 2.29. The van der Waals surface area contributed by atoms with Gasteiger partial charge in [0.1, 0.15) is 0 Å². The molecule has 0 unspecified atom stereocenters. The summed E-state index contributed by atoms with van der Waals surface area (Å²) in [4.78, 5) is 0.162. The molecule has 0 aromatic heterocycles. The standard InChI is InChI=1S/C12H14BrClN2O2S.ClH/c13-12-10(14)2-1-3-11(12)19(17,18)16-8-9-4-6-15-7-5-9;/h1-4,15-16H,5-8H2;1H. The molecule has 0 bridgehead atoms. The molecule has 0 amide bonds. The number of nitrogens with one attached hydrogen (secondary N) is 2. The first-order chi connectivity index (χ1) is 9.00. The molecule has 0 fully saturated rings. The molecule has 2 N–H and O–H groups in total. The second kappa shape index (κ2) is 7.77. The van der Waals surface area contributed by atoms with Crippen molar-refractivity contribution in [3.63, 3.8) is 0 Å². The maximum atomic E-state index is 12.2. The summed E-state index contributed by atoms with van der Waals surface area (Å²) in [6.45, 7) is 2.01. The zero-order chi connectivity index (χ0) is 13.9. The Kier molecular flexibility index (Phi) is 6.97. The van der Waals surface area contributed by atoms with E-state index in [2.05, 4.69) is 26.0 Å². The minimum Gasteiger partial charge on any atom is -0.313 e. The average Bonchev–Trinajstić information content (AvgIpc) is 2.41. The van der Waals surface area contributed by atoms with Crippen LogP contribution in [-0.4, -0.2) is 28.1 Å². The van der Waals surface area contributed by atoms with Gasteiger partial charge in [-0.1, -0.05) is 29.3 Å². The zero-order valence-electron chi connectivity index (χ0n) is 10.5. The number of sulfonamides is 1. The minimum atomic E-state index is -3.56. The topological polar surface area (TPSA) is 58.2 Å². The van der Waals surface area contributed by atoms with Crippen LogP contribution in [0.1, 0.15) is 6.42 Å². The van der Waals surface area contributed by atoms with Gasteiger partial charge in [0.2, 0.25) is 10.0 Å². The molecule has 0 atom stereocenters. The van der Waals surface area contributed by atoms with Crippen LogP contribution in [0.2, 0.25) is 5.02 Å². The molecule has 4 nitrogen and oxygen atoms in total. The van der Waals surface area contributed by atoms with E-state index < -0.39 is 10.0 Å². The first kappa shape index (κ1) is 17.9. The van der Waals surface area contributed by atoms with Crippen molar-refractivity contribution in [2.45, 2.75) is 11.3 Å². The summed E-state index contributed by atoms with van der Waals surface area (Å²) < 4.78 is 27.4. The van der Waals surface area contributed by atoms with Gasteiger partial charge in [-0.2, -0.15) is 0 Å². The van der Waals surface area contributed by atoms with E-state index in [9.17, 15) is 8.42 Å². The molecule has 1 heterocycles. The highest BCUT2D eigenvalue weighted by Gasteiger charge is 2.19. The Balaban J connectivity index is 0.00000200. The fraction of sp³-hybridized carbons (Fsp3) is 0.333. The number of hydrogen-bond donors (Lipinski definition) is 2. The molecule has 0 saturated heterocycles. The van der Waals surface area contributed by atoms with Gasteiger partial charge in [0, 0.05) is 13.1 Å². The van der Waals surface area contributed by atoms with Crippen LogP contribution in [0, 0.1) is 0 Å². The lowest BCUT2D eigenvalue weighted by atomic mass is 10.1. The number of benzene rings is 1. The Morgan fingerprint density at radius 3 is 2.80 bits per heavy atom. The van der Waals surface area contributed by atoms with E-state index in [1.165, 1.54) is 6.07 Å².